The van der Waals surface area contributed by atoms with Crippen molar-refractivity contribution in [2.45, 2.75) is 27.7 Å². The standard InChI is InChI=1S/C8H18OSi/c1-7(2)5-9-10-6-8(3)4/h6-7H,5,10H2,1-4H3. The lowest BCUT2D eigenvalue weighted by Gasteiger charge is -2.03. The molecule has 0 radical (unpaired) electrons. The molecule has 0 aromatic rings. The lowest BCUT2D eigenvalue weighted by atomic mass is 10.2. The molecule has 1 nitrogen and oxygen atoms in total. The highest BCUT2D eigenvalue weighted by Gasteiger charge is 1.90. The SMILES string of the molecule is CC(C)=C[SiH2]OCC(C)C. The molecule has 0 rings (SSSR count). The highest BCUT2D eigenvalue weighted by Crippen LogP contribution is 1.92. The maximum Gasteiger partial charge on any atom is 0.185 e. The molecule has 0 saturated carbocycles. The second-order valence-corrected chi connectivity index (χ2v) is 4.36. The summed E-state index contributed by atoms with van der Waals surface area (Å²) in [5.41, 5.74) is 3.62. The molecule has 0 saturated heterocycles. The van der Waals surface area contributed by atoms with Gasteiger partial charge in [-0.2, -0.15) is 0 Å². The van der Waals surface area contributed by atoms with Gasteiger partial charge in [0, 0.05) is 6.61 Å². The topological polar surface area (TPSA) is 9.23 Å². The summed E-state index contributed by atoms with van der Waals surface area (Å²) in [5, 5.41) is 0. The normalized spacial score (nSPS) is 11.3. The average Bonchev–Trinajstić information content (AvgIpc) is 1.79. The van der Waals surface area contributed by atoms with Crippen LogP contribution in [0.5, 0.6) is 0 Å². The Labute approximate surface area is 66.4 Å². The molecule has 0 unspecified atom stereocenters. The van der Waals surface area contributed by atoms with E-state index >= 15 is 0 Å². The largest absolute Gasteiger partial charge is 0.419 e. The van der Waals surface area contributed by atoms with Gasteiger partial charge in [-0.1, -0.05) is 25.1 Å². The summed E-state index contributed by atoms with van der Waals surface area (Å²) in [6.07, 6.45) is 0. The van der Waals surface area contributed by atoms with Gasteiger partial charge in [-0.15, -0.1) is 0 Å². The molecule has 0 aromatic heterocycles. The molecule has 0 aliphatic heterocycles. The van der Waals surface area contributed by atoms with Crippen molar-refractivity contribution >= 4 is 9.76 Å². The van der Waals surface area contributed by atoms with Crippen LogP contribution in [-0.2, 0) is 4.43 Å². The minimum Gasteiger partial charge on any atom is -0.419 e. The van der Waals surface area contributed by atoms with E-state index < -0.39 is 0 Å². The Morgan fingerprint density at radius 2 is 2.10 bits per heavy atom. The zero-order valence-corrected chi connectivity index (χ0v) is 8.89. The molecule has 0 spiro atoms. The summed E-state index contributed by atoms with van der Waals surface area (Å²) in [5.74, 6) is 0.679. The lowest BCUT2D eigenvalue weighted by molar-refractivity contribution is 0.288. The van der Waals surface area contributed by atoms with E-state index in [4.69, 9.17) is 4.43 Å². The van der Waals surface area contributed by atoms with E-state index in [1.54, 1.807) is 0 Å². The molecule has 0 aromatic carbocycles. The van der Waals surface area contributed by atoms with Crippen LogP contribution in [0.2, 0.25) is 0 Å². The van der Waals surface area contributed by atoms with E-state index in [2.05, 4.69) is 33.4 Å². The van der Waals surface area contributed by atoms with Gasteiger partial charge in [0.05, 0.1) is 0 Å². The van der Waals surface area contributed by atoms with Gasteiger partial charge in [-0.05, 0) is 19.8 Å². The van der Waals surface area contributed by atoms with Crippen LogP contribution in [0.3, 0.4) is 0 Å². The van der Waals surface area contributed by atoms with Gasteiger partial charge < -0.3 is 4.43 Å². The molecule has 2 heteroatoms. The Balaban J connectivity index is 3.13. The van der Waals surface area contributed by atoms with Crippen LogP contribution in [0.1, 0.15) is 27.7 Å². The van der Waals surface area contributed by atoms with Gasteiger partial charge in [0.25, 0.3) is 0 Å². The summed E-state index contributed by atoms with van der Waals surface area (Å²) in [6, 6.07) is 0. The Hall–Kier alpha value is -0.0831. The Kier molecular flexibility index (Phi) is 5.64. The third-order valence-corrected chi connectivity index (χ3v) is 2.52. The van der Waals surface area contributed by atoms with Gasteiger partial charge >= 0.3 is 0 Å². The minimum absolute atomic E-state index is 0.341. The Morgan fingerprint density at radius 3 is 2.50 bits per heavy atom. The maximum absolute atomic E-state index is 5.47. The van der Waals surface area contributed by atoms with Crippen LogP contribution >= 0.6 is 0 Å². The number of allylic oxidation sites excluding steroid dienone is 1. The molecule has 0 fully saturated rings. The van der Waals surface area contributed by atoms with Crippen molar-refractivity contribution in [1.82, 2.24) is 0 Å². The average molecular weight is 158 g/mol. The summed E-state index contributed by atoms with van der Waals surface area (Å²) in [7, 11) is -0.341. The van der Waals surface area contributed by atoms with Crippen LogP contribution in [0, 0.1) is 5.92 Å². The number of hydrogen-bond acceptors (Lipinski definition) is 1. The van der Waals surface area contributed by atoms with Crippen molar-refractivity contribution in [1.29, 1.82) is 0 Å². The van der Waals surface area contributed by atoms with E-state index in [-0.39, 0.29) is 9.76 Å². The monoisotopic (exact) mass is 158 g/mol. The Bertz CT molecular complexity index is 104. The molecule has 10 heavy (non-hydrogen) atoms. The molecule has 0 aliphatic carbocycles. The molecule has 0 heterocycles. The summed E-state index contributed by atoms with van der Waals surface area (Å²) < 4.78 is 5.47. The second kappa shape index (κ2) is 5.68. The summed E-state index contributed by atoms with van der Waals surface area (Å²) in [6.45, 7) is 9.52. The maximum atomic E-state index is 5.47. The van der Waals surface area contributed by atoms with Crippen molar-refractivity contribution in [3.05, 3.63) is 11.3 Å². The first kappa shape index (κ1) is 9.92. The van der Waals surface area contributed by atoms with Crippen LogP contribution < -0.4 is 0 Å². The van der Waals surface area contributed by atoms with Crippen molar-refractivity contribution in [2.75, 3.05) is 6.61 Å². The summed E-state index contributed by atoms with van der Waals surface area (Å²) in [4.78, 5) is 0. The van der Waals surface area contributed by atoms with Crippen LogP contribution in [0.4, 0.5) is 0 Å². The third-order valence-electron chi connectivity index (χ3n) is 1.06. The van der Waals surface area contributed by atoms with Gasteiger partial charge in [-0.25, -0.2) is 0 Å². The van der Waals surface area contributed by atoms with Gasteiger partial charge in [0.15, 0.2) is 9.76 Å². The van der Waals surface area contributed by atoms with Gasteiger partial charge in [0.1, 0.15) is 0 Å². The fourth-order valence-corrected chi connectivity index (χ4v) is 1.59. The number of rotatable bonds is 4. The zero-order chi connectivity index (χ0) is 7.98. The van der Waals surface area contributed by atoms with E-state index in [9.17, 15) is 0 Å². The predicted molar refractivity (Wildman–Crippen MR) is 48.8 cm³/mol. The van der Waals surface area contributed by atoms with E-state index in [1.807, 2.05) is 0 Å². The molecular weight excluding hydrogens is 140 g/mol. The first-order valence-corrected chi connectivity index (χ1v) is 5.23. The van der Waals surface area contributed by atoms with E-state index in [0.717, 1.165) is 6.61 Å². The van der Waals surface area contributed by atoms with Gasteiger partial charge in [-0.3, -0.25) is 0 Å². The molecule has 0 N–H and O–H groups in total. The third kappa shape index (κ3) is 7.92. The highest BCUT2D eigenvalue weighted by atomic mass is 28.2. The predicted octanol–water partition coefficient (Wildman–Crippen LogP) is 1.67. The first-order valence-electron chi connectivity index (χ1n) is 3.84. The smallest absolute Gasteiger partial charge is 0.185 e. The van der Waals surface area contributed by atoms with Crippen LogP contribution in [-0.4, -0.2) is 16.4 Å². The number of hydrogen-bond donors (Lipinski definition) is 0. The second-order valence-electron chi connectivity index (χ2n) is 3.21. The molecular formula is C8H18OSi. The molecule has 0 bridgehead atoms. The minimum atomic E-state index is -0.341. The van der Waals surface area contributed by atoms with Crippen molar-refractivity contribution in [3.63, 3.8) is 0 Å². The highest BCUT2D eigenvalue weighted by molar-refractivity contribution is 6.34. The molecule has 0 aliphatic rings. The first-order chi connectivity index (χ1) is 4.63. The molecule has 0 amide bonds. The zero-order valence-electron chi connectivity index (χ0n) is 7.48. The quantitative estimate of drug-likeness (QED) is 0.447. The van der Waals surface area contributed by atoms with Gasteiger partial charge in [0.2, 0.25) is 0 Å². The molecule has 60 valence electrons. The van der Waals surface area contributed by atoms with Crippen LogP contribution in [0.25, 0.3) is 0 Å². The van der Waals surface area contributed by atoms with Crippen molar-refractivity contribution in [3.8, 4) is 0 Å². The Morgan fingerprint density at radius 1 is 1.50 bits per heavy atom. The lowest BCUT2D eigenvalue weighted by Crippen LogP contribution is -2.04. The fraction of sp³-hybridized carbons (Fsp3) is 0.750. The van der Waals surface area contributed by atoms with E-state index in [0.29, 0.717) is 5.92 Å². The van der Waals surface area contributed by atoms with Crippen LogP contribution in [0.15, 0.2) is 11.3 Å². The summed E-state index contributed by atoms with van der Waals surface area (Å²) >= 11 is 0. The van der Waals surface area contributed by atoms with Crippen molar-refractivity contribution < 1.29 is 4.43 Å². The fourth-order valence-electron chi connectivity index (χ4n) is 0.529. The van der Waals surface area contributed by atoms with E-state index in [1.165, 1.54) is 5.57 Å². The molecule has 0 atom stereocenters. The van der Waals surface area contributed by atoms with Crippen molar-refractivity contribution in [2.24, 2.45) is 5.92 Å².